The molecule has 0 aliphatic carbocycles. The Kier molecular flexibility index (Phi) is 6.31. The van der Waals surface area contributed by atoms with Gasteiger partial charge in [-0.3, -0.25) is 0 Å². The van der Waals surface area contributed by atoms with Crippen LogP contribution in [0.1, 0.15) is 0 Å². The number of aromatic nitrogens is 3. The van der Waals surface area contributed by atoms with Gasteiger partial charge in [0.2, 0.25) is 0 Å². The summed E-state index contributed by atoms with van der Waals surface area (Å²) in [6.07, 6.45) is 0. The first-order valence-electron chi connectivity index (χ1n) is 20.5. The molecule has 0 saturated heterocycles. The van der Waals surface area contributed by atoms with E-state index < -0.39 is 0 Å². The number of fused-ring (bicyclic) bond motifs is 14. The lowest BCUT2D eigenvalue weighted by Crippen LogP contribution is -2.57. The predicted molar refractivity (Wildman–Crippen MR) is 247 cm³/mol. The van der Waals surface area contributed by atoms with E-state index in [1.165, 1.54) is 43.4 Å². The Bertz CT molecular complexity index is 3680. The molecule has 12 aromatic rings. The molecule has 0 fully saturated rings. The second kappa shape index (κ2) is 11.8. The van der Waals surface area contributed by atoms with Crippen molar-refractivity contribution in [2.24, 2.45) is 0 Å². The van der Waals surface area contributed by atoms with E-state index in [2.05, 4.69) is 208 Å². The standard InChI is InChI=1S/C54H32BN3O2/c1-2-14-33(15-3-1)56-45-27-26-34(57-42-21-9-4-16-36(42)37-17-5-10-22-43(37)57)30-39(45)53-47(56)29-28-46-52(53)38-18-6-11-23-44(38)58(46)35-31-50-54-51(32-35)60-49-25-13-8-20-41(49)55(54)40-19-7-12-24-48(40)59-50/h1-32H. The molecule has 9 aromatic carbocycles. The van der Waals surface area contributed by atoms with Crippen LogP contribution in [0.4, 0.5) is 0 Å². The minimum absolute atomic E-state index is 0.0181. The molecule has 0 bridgehead atoms. The van der Waals surface area contributed by atoms with Gasteiger partial charge in [0, 0.05) is 61.3 Å². The first-order chi connectivity index (χ1) is 29.8. The largest absolute Gasteiger partial charge is 0.458 e. The van der Waals surface area contributed by atoms with Crippen molar-refractivity contribution >= 4 is 88.5 Å². The smallest absolute Gasteiger partial charge is 0.260 e. The minimum atomic E-state index is 0.0181. The molecule has 6 heteroatoms. The summed E-state index contributed by atoms with van der Waals surface area (Å²) in [6.45, 7) is 0.0181. The van der Waals surface area contributed by atoms with Crippen LogP contribution in [0.15, 0.2) is 194 Å². The monoisotopic (exact) mass is 765 g/mol. The van der Waals surface area contributed by atoms with Gasteiger partial charge in [-0.25, -0.2) is 0 Å². The van der Waals surface area contributed by atoms with E-state index in [0.717, 1.165) is 78.5 Å². The summed E-state index contributed by atoms with van der Waals surface area (Å²) in [5.41, 5.74) is 13.6. The maximum atomic E-state index is 6.79. The van der Waals surface area contributed by atoms with Crippen LogP contribution in [0, 0.1) is 0 Å². The molecule has 0 saturated carbocycles. The van der Waals surface area contributed by atoms with Crippen LogP contribution in [0.3, 0.4) is 0 Å². The fraction of sp³-hybridized carbons (Fsp3) is 0. The average Bonchev–Trinajstić information content (AvgIpc) is 3.94. The number of rotatable bonds is 3. The third-order valence-corrected chi connectivity index (χ3v) is 12.9. The molecular formula is C54H32BN3O2. The van der Waals surface area contributed by atoms with E-state index in [9.17, 15) is 0 Å². The van der Waals surface area contributed by atoms with Gasteiger partial charge >= 0.3 is 0 Å². The molecule has 0 unspecified atom stereocenters. The van der Waals surface area contributed by atoms with Gasteiger partial charge < -0.3 is 23.2 Å². The predicted octanol–water partition coefficient (Wildman–Crippen LogP) is 11.7. The number of nitrogens with zero attached hydrogens (tertiary/aromatic N) is 3. The van der Waals surface area contributed by atoms with Crippen molar-refractivity contribution in [1.82, 2.24) is 13.7 Å². The highest BCUT2D eigenvalue weighted by molar-refractivity contribution is 6.98. The Labute approximate surface area is 344 Å². The van der Waals surface area contributed by atoms with Crippen LogP contribution in [-0.4, -0.2) is 20.4 Å². The first-order valence-corrected chi connectivity index (χ1v) is 20.5. The molecular weight excluding hydrogens is 733 g/mol. The number of hydrogen-bond acceptors (Lipinski definition) is 2. The van der Waals surface area contributed by atoms with E-state index in [4.69, 9.17) is 9.47 Å². The highest BCUT2D eigenvalue weighted by Crippen LogP contribution is 2.45. The second-order valence-corrected chi connectivity index (χ2v) is 16.0. The molecule has 5 heterocycles. The van der Waals surface area contributed by atoms with Crippen molar-refractivity contribution in [3.05, 3.63) is 194 Å². The van der Waals surface area contributed by atoms with Crippen LogP contribution < -0.4 is 25.9 Å². The first kappa shape index (κ1) is 32.1. The van der Waals surface area contributed by atoms with Crippen LogP contribution in [0.25, 0.3) is 82.5 Å². The van der Waals surface area contributed by atoms with Crippen molar-refractivity contribution in [3.63, 3.8) is 0 Å². The zero-order chi connectivity index (χ0) is 39.1. The van der Waals surface area contributed by atoms with E-state index >= 15 is 0 Å². The number of para-hydroxylation sites is 6. The molecule has 0 atom stereocenters. The molecule has 2 aliphatic heterocycles. The van der Waals surface area contributed by atoms with Crippen LogP contribution in [0.2, 0.25) is 0 Å². The molecule has 2 aliphatic rings. The van der Waals surface area contributed by atoms with Gasteiger partial charge in [-0.1, -0.05) is 109 Å². The highest BCUT2D eigenvalue weighted by atomic mass is 16.5. The molecule has 0 radical (unpaired) electrons. The Hall–Kier alpha value is -7.96. The highest BCUT2D eigenvalue weighted by Gasteiger charge is 2.40. The fourth-order valence-corrected chi connectivity index (χ4v) is 10.5. The maximum absolute atomic E-state index is 6.79. The molecule has 0 spiro atoms. The van der Waals surface area contributed by atoms with E-state index in [1.807, 2.05) is 0 Å². The SMILES string of the molecule is c1ccc(-n2c3ccc(-n4c5ccccc5c5ccccc54)cc3c3c4c5ccccc5n(-c5cc6c7c(c5)Oc5ccccc5B7c5ccccc5O6)c4ccc32)cc1. The lowest BCUT2D eigenvalue weighted by atomic mass is 9.35. The lowest BCUT2D eigenvalue weighted by molar-refractivity contribution is 0.464. The van der Waals surface area contributed by atoms with Crippen LogP contribution in [0.5, 0.6) is 23.0 Å². The molecule has 14 rings (SSSR count). The Morgan fingerprint density at radius 2 is 0.750 bits per heavy atom. The van der Waals surface area contributed by atoms with Crippen LogP contribution >= 0.6 is 0 Å². The quantitative estimate of drug-likeness (QED) is 0.168. The summed E-state index contributed by atoms with van der Waals surface area (Å²) in [5, 5.41) is 7.32. The summed E-state index contributed by atoms with van der Waals surface area (Å²) in [6, 6.07) is 69.8. The van der Waals surface area contributed by atoms with Crippen molar-refractivity contribution in [2.75, 3.05) is 0 Å². The molecule has 278 valence electrons. The van der Waals surface area contributed by atoms with Crippen molar-refractivity contribution in [3.8, 4) is 40.1 Å². The van der Waals surface area contributed by atoms with Crippen LogP contribution in [-0.2, 0) is 0 Å². The molecule has 3 aromatic heterocycles. The van der Waals surface area contributed by atoms with E-state index in [-0.39, 0.29) is 6.71 Å². The zero-order valence-electron chi connectivity index (χ0n) is 32.2. The van der Waals surface area contributed by atoms with E-state index in [1.54, 1.807) is 0 Å². The van der Waals surface area contributed by atoms with E-state index in [0.29, 0.717) is 0 Å². The zero-order valence-corrected chi connectivity index (χ0v) is 32.2. The summed E-state index contributed by atoms with van der Waals surface area (Å²) in [5.74, 6) is 3.41. The normalized spacial score (nSPS) is 12.9. The topological polar surface area (TPSA) is 33.2 Å². The second-order valence-electron chi connectivity index (χ2n) is 16.0. The third kappa shape index (κ3) is 4.21. The molecule has 0 amide bonds. The molecule has 5 nitrogen and oxygen atoms in total. The Morgan fingerprint density at radius 1 is 0.300 bits per heavy atom. The Balaban J connectivity index is 1.08. The maximum Gasteiger partial charge on any atom is 0.260 e. The van der Waals surface area contributed by atoms with Gasteiger partial charge in [0.25, 0.3) is 6.71 Å². The van der Waals surface area contributed by atoms with Gasteiger partial charge in [0.1, 0.15) is 23.0 Å². The van der Waals surface area contributed by atoms with Crippen molar-refractivity contribution < 1.29 is 9.47 Å². The minimum Gasteiger partial charge on any atom is -0.458 e. The van der Waals surface area contributed by atoms with Crippen molar-refractivity contribution in [1.29, 1.82) is 0 Å². The Morgan fingerprint density at radius 3 is 1.38 bits per heavy atom. The number of ether oxygens (including phenoxy) is 2. The fourth-order valence-electron chi connectivity index (χ4n) is 10.5. The summed E-state index contributed by atoms with van der Waals surface area (Å²) in [4.78, 5) is 0. The lowest BCUT2D eigenvalue weighted by Gasteiger charge is -2.33. The summed E-state index contributed by atoms with van der Waals surface area (Å²) < 4.78 is 20.8. The van der Waals surface area contributed by atoms with Gasteiger partial charge in [-0.15, -0.1) is 0 Å². The molecule has 60 heavy (non-hydrogen) atoms. The van der Waals surface area contributed by atoms with Gasteiger partial charge in [0.15, 0.2) is 0 Å². The third-order valence-electron chi connectivity index (χ3n) is 12.9. The average molecular weight is 766 g/mol. The summed E-state index contributed by atoms with van der Waals surface area (Å²) in [7, 11) is 0. The molecule has 0 N–H and O–H groups in total. The summed E-state index contributed by atoms with van der Waals surface area (Å²) >= 11 is 0. The van der Waals surface area contributed by atoms with Crippen molar-refractivity contribution in [2.45, 2.75) is 0 Å². The van der Waals surface area contributed by atoms with Gasteiger partial charge in [-0.2, -0.15) is 0 Å². The number of hydrogen-bond donors (Lipinski definition) is 0. The number of benzene rings is 9. The van der Waals surface area contributed by atoms with Gasteiger partial charge in [0.05, 0.1) is 38.8 Å². The van der Waals surface area contributed by atoms with Gasteiger partial charge in [-0.05, 0) is 83.7 Å².